The zero-order chi connectivity index (χ0) is 19.4. The molecule has 8 heteroatoms. The van der Waals surface area contributed by atoms with Crippen LogP contribution in [-0.2, 0) is 16.3 Å². The Hall–Kier alpha value is -3.00. The van der Waals surface area contributed by atoms with Gasteiger partial charge in [0.15, 0.2) is 0 Å². The van der Waals surface area contributed by atoms with Gasteiger partial charge in [0.1, 0.15) is 6.04 Å². The Morgan fingerprint density at radius 2 is 1.74 bits per heavy atom. The third-order valence-electron chi connectivity index (χ3n) is 4.02. The van der Waals surface area contributed by atoms with Gasteiger partial charge in [-0.3, -0.25) is 4.79 Å². The van der Waals surface area contributed by atoms with E-state index in [9.17, 15) is 13.2 Å². The second kappa shape index (κ2) is 7.71. The maximum Gasteiger partial charge on any atom is 0.335 e. The van der Waals surface area contributed by atoms with Crippen molar-refractivity contribution >= 4 is 15.7 Å². The number of hydrogen-bond acceptors (Lipinski definition) is 6. The van der Waals surface area contributed by atoms with Gasteiger partial charge in [-0.05, 0) is 24.1 Å². The van der Waals surface area contributed by atoms with Crippen LogP contribution in [0.4, 0.5) is 0 Å². The van der Waals surface area contributed by atoms with Crippen molar-refractivity contribution in [1.29, 1.82) is 0 Å². The van der Waals surface area contributed by atoms with E-state index in [2.05, 4.69) is 15.5 Å². The number of aromatic nitrogens is 2. The second-order valence-corrected chi connectivity index (χ2v) is 8.10. The van der Waals surface area contributed by atoms with E-state index in [4.69, 9.17) is 4.42 Å². The molecule has 2 aromatic carbocycles. The second-order valence-electron chi connectivity index (χ2n) is 6.21. The van der Waals surface area contributed by atoms with Gasteiger partial charge in [-0.2, -0.15) is 0 Å². The van der Waals surface area contributed by atoms with E-state index in [0.717, 1.165) is 17.4 Å². The molecule has 1 amide bonds. The number of carbonyl (C=O) groups is 1. The number of nitrogens with one attached hydrogen (secondary N) is 1. The zero-order valence-electron chi connectivity index (χ0n) is 14.9. The van der Waals surface area contributed by atoms with Crippen molar-refractivity contribution in [3.8, 4) is 0 Å². The molecule has 27 heavy (non-hydrogen) atoms. The Balaban J connectivity index is 1.91. The van der Waals surface area contributed by atoms with Gasteiger partial charge >= 0.3 is 5.22 Å². The van der Waals surface area contributed by atoms with Crippen molar-refractivity contribution in [2.75, 3.05) is 6.26 Å². The van der Waals surface area contributed by atoms with Gasteiger partial charge in [0.25, 0.3) is 5.91 Å². The molecule has 0 aliphatic carbocycles. The molecule has 0 unspecified atom stereocenters. The molecule has 1 atom stereocenters. The Morgan fingerprint density at radius 1 is 1.07 bits per heavy atom. The molecule has 0 saturated heterocycles. The lowest BCUT2D eigenvalue weighted by molar-refractivity contribution is 0.0928. The highest BCUT2D eigenvalue weighted by molar-refractivity contribution is 7.90. The summed E-state index contributed by atoms with van der Waals surface area (Å²) in [5, 5.41) is 9.83. The van der Waals surface area contributed by atoms with Crippen LogP contribution in [0.25, 0.3) is 0 Å². The topological polar surface area (TPSA) is 102 Å². The number of rotatable bonds is 6. The fourth-order valence-corrected chi connectivity index (χ4v) is 3.05. The molecule has 0 spiro atoms. The van der Waals surface area contributed by atoms with Crippen LogP contribution in [-0.4, -0.2) is 30.8 Å². The third-order valence-corrected chi connectivity index (χ3v) is 4.81. The number of hydrogen-bond donors (Lipinski definition) is 1. The average molecular weight is 385 g/mol. The van der Waals surface area contributed by atoms with Crippen LogP contribution in [0.3, 0.4) is 0 Å². The molecule has 1 N–H and O–H groups in total. The molecule has 0 aliphatic heterocycles. The third kappa shape index (κ3) is 4.59. The number of sulfone groups is 1. The minimum Gasteiger partial charge on any atom is -0.410 e. The smallest absolute Gasteiger partial charge is 0.335 e. The molecule has 3 rings (SSSR count). The Bertz CT molecular complexity index is 1050. The summed E-state index contributed by atoms with van der Waals surface area (Å²) in [5.74, 6) is -0.255. The highest BCUT2D eigenvalue weighted by Crippen LogP contribution is 2.20. The lowest BCUT2D eigenvalue weighted by atomic mass is 10.0. The molecule has 0 radical (unpaired) electrons. The van der Waals surface area contributed by atoms with Crippen molar-refractivity contribution in [1.82, 2.24) is 15.5 Å². The van der Waals surface area contributed by atoms with E-state index < -0.39 is 21.1 Å². The van der Waals surface area contributed by atoms with Gasteiger partial charge in [-0.15, -0.1) is 5.10 Å². The van der Waals surface area contributed by atoms with Gasteiger partial charge in [-0.25, -0.2) is 8.42 Å². The quantitative estimate of drug-likeness (QED) is 0.699. The summed E-state index contributed by atoms with van der Waals surface area (Å²) < 4.78 is 28.6. The highest BCUT2D eigenvalue weighted by Gasteiger charge is 2.25. The van der Waals surface area contributed by atoms with Crippen LogP contribution in [0.5, 0.6) is 0 Å². The molecule has 0 saturated carbocycles. The zero-order valence-corrected chi connectivity index (χ0v) is 15.7. The molecule has 0 bridgehead atoms. The minimum absolute atomic E-state index is 0.0428. The van der Waals surface area contributed by atoms with Crippen LogP contribution >= 0.6 is 0 Å². The van der Waals surface area contributed by atoms with Crippen molar-refractivity contribution in [3.05, 3.63) is 77.2 Å². The van der Waals surface area contributed by atoms with Gasteiger partial charge in [0.2, 0.25) is 15.7 Å². The summed E-state index contributed by atoms with van der Waals surface area (Å²) in [6.07, 6.45) is 1.37. The van der Waals surface area contributed by atoms with Gasteiger partial charge in [-0.1, -0.05) is 53.6 Å². The molecule has 3 aromatic rings. The summed E-state index contributed by atoms with van der Waals surface area (Å²) in [5.41, 5.74) is 2.29. The predicted octanol–water partition coefficient (Wildman–Crippen LogP) is 2.50. The Morgan fingerprint density at radius 3 is 2.37 bits per heavy atom. The van der Waals surface area contributed by atoms with E-state index in [1.807, 2.05) is 49.4 Å². The standard InChI is InChI=1S/C19H19N3O4S/c1-13-8-6-7-11-15(13)17(23)20-16(12-14-9-4-3-5-10-14)18-21-22-19(26-18)27(2,24)25/h3-11,16H,12H2,1-2H3,(H,20,23)/t16-/m0/s1. The lowest BCUT2D eigenvalue weighted by Gasteiger charge is -2.16. The van der Waals surface area contributed by atoms with Crippen molar-refractivity contribution in [2.45, 2.75) is 24.6 Å². The number of aryl methyl sites for hydroxylation is 1. The van der Waals surface area contributed by atoms with Crippen molar-refractivity contribution < 1.29 is 17.6 Å². The fourth-order valence-electron chi connectivity index (χ4n) is 2.62. The SMILES string of the molecule is Cc1ccccc1C(=O)N[C@@H](Cc1ccccc1)c1nnc(S(C)(=O)=O)o1. The first kappa shape index (κ1) is 18.8. The largest absolute Gasteiger partial charge is 0.410 e. The Kier molecular flexibility index (Phi) is 5.36. The first-order valence-corrected chi connectivity index (χ1v) is 10.2. The number of amides is 1. The predicted molar refractivity (Wildman–Crippen MR) is 98.9 cm³/mol. The molecule has 7 nitrogen and oxygen atoms in total. The van der Waals surface area contributed by atoms with E-state index in [1.54, 1.807) is 12.1 Å². The van der Waals surface area contributed by atoms with Gasteiger partial charge < -0.3 is 9.73 Å². The molecule has 0 fully saturated rings. The number of benzene rings is 2. The lowest BCUT2D eigenvalue weighted by Crippen LogP contribution is -2.30. The summed E-state index contributed by atoms with van der Waals surface area (Å²) in [6, 6.07) is 16.0. The van der Waals surface area contributed by atoms with Crippen LogP contribution < -0.4 is 5.32 Å². The molecular formula is C19H19N3O4S. The van der Waals surface area contributed by atoms with Crippen LogP contribution in [0.15, 0.2) is 64.2 Å². The van der Waals surface area contributed by atoms with E-state index in [0.29, 0.717) is 12.0 Å². The van der Waals surface area contributed by atoms with Gasteiger partial charge in [0, 0.05) is 18.2 Å². The summed E-state index contributed by atoms with van der Waals surface area (Å²) >= 11 is 0. The maximum absolute atomic E-state index is 12.7. The van der Waals surface area contributed by atoms with Gasteiger partial charge in [0.05, 0.1) is 0 Å². The highest BCUT2D eigenvalue weighted by atomic mass is 32.2. The molecule has 140 valence electrons. The normalized spacial score (nSPS) is 12.5. The maximum atomic E-state index is 12.7. The first-order valence-electron chi connectivity index (χ1n) is 8.28. The molecule has 1 heterocycles. The van der Waals surface area contributed by atoms with E-state index in [-0.39, 0.29) is 11.8 Å². The number of carbonyl (C=O) groups excluding carboxylic acids is 1. The molecule has 1 aromatic heterocycles. The minimum atomic E-state index is -3.63. The molecule has 0 aliphatic rings. The number of nitrogens with zero attached hydrogens (tertiary/aromatic N) is 2. The Labute approximate surface area is 157 Å². The van der Waals surface area contributed by atoms with Crippen LogP contribution in [0, 0.1) is 6.92 Å². The fraction of sp³-hybridized carbons (Fsp3) is 0.211. The van der Waals surface area contributed by atoms with Crippen molar-refractivity contribution in [2.24, 2.45) is 0 Å². The van der Waals surface area contributed by atoms with Crippen LogP contribution in [0.2, 0.25) is 0 Å². The van der Waals surface area contributed by atoms with E-state index in [1.165, 1.54) is 0 Å². The average Bonchev–Trinajstić information content (AvgIpc) is 3.13. The van der Waals surface area contributed by atoms with Crippen molar-refractivity contribution in [3.63, 3.8) is 0 Å². The monoisotopic (exact) mass is 385 g/mol. The first-order chi connectivity index (χ1) is 12.8. The van der Waals surface area contributed by atoms with E-state index >= 15 is 0 Å². The summed E-state index contributed by atoms with van der Waals surface area (Å²) in [4.78, 5) is 12.7. The molecular weight excluding hydrogens is 366 g/mol. The summed E-state index contributed by atoms with van der Waals surface area (Å²) in [6.45, 7) is 1.84. The summed E-state index contributed by atoms with van der Waals surface area (Å²) in [7, 11) is -3.63. The van der Waals surface area contributed by atoms with Crippen LogP contribution in [0.1, 0.15) is 33.4 Å².